The Hall–Kier alpha value is -2.07. The number of urea groups is 1. The molecule has 2 aromatic carbocycles. The van der Waals surface area contributed by atoms with Gasteiger partial charge in [-0.2, -0.15) is 0 Å². The molecule has 22 heavy (non-hydrogen) atoms. The smallest absolute Gasteiger partial charge is 0.317 e. The molecule has 0 unspecified atom stereocenters. The van der Waals surface area contributed by atoms with Gasteiger partial charge in [0.05, 0.1) is 0 Å². The summed E-state index contributed by atoms with van der Waals surface area (Å²) < 4.78 is 13.0. The highest BCUT2D eigenvalue weighted by molar-refractivity contribution is 6.30. The Balaban J connectivity index is 1.79. The van der Waals surface area contributed by atoms with Crippen molar-refractivity contribution >= 4 is 17.6 Å². The molecule has 0 fully saturated rings. The third-order valence-corrected chi connectivity index (χ3v) is 3.47. The van der Waals surface area contributed by atoms with Crippen LogP contribution in [0, 0.1) is 5.82 Å². The molecular formula is C17H18ClFN2O. The molecule has 2 rings (SSSR count). The van der Waals surface area contributed by atoms with E-state index in [9.17, 15) is 9.18 Å². The Bertz CT molecular complexity index is 648. The first-order chi connectivity index (χ1) is 10.5. The average Bonchev–Trinajstić information content (AvgIpc) is 2.47. The Labute approximate surface area is 134 Å². The maximum atomic E-state index is 13.0. The van der Waals surface area contributed by atoms with Crippen LogP contribution < -0.4 is 5.32 Å². The second-order valence-corrected chi connectivity index (χ2v) is 5.53. The molecule has 0 heterocycles. The van der Waals surface area contributed by atoms with E-state index in [1.807, 2.05) is 24.3 Å². The van der Waals surface area contributed by atoms with Gasteiger partial charge in [-0.1, -0.05) is 35.9 Å². The highest BCUT2D eigenvalue weighted by Crippen LogP contribution is 2.12. The molecule has 2 aromatic rings. The fourth-order valence-electron chi connectivity index (χ4n) is 2.12. The third kappa shape index (κ3) is 5.04. The number of hydrogen-bond acceptors (Lipinski definition) is 1. The summed E-state index contributed by atoms with van der Waals surface area (Å²) in [5.74, 6) is -0.262. The maximum absolute atomic E-state index is 13.0. The molecule has 3 nitrogen and oxygen atoms in total. The molecule has 5 heteroatoms. The van der Waals surface area contributed by atoms with Crippen molar-refractivity contribution in [2.75, 3.05) is 13.6 Å². The van der Waals surface area contributed by atoms with Crippen molar-refractivity contribution in [2.24, 2.45) is 0 Å². The molecular weight excluding hydrogens is 303 g/mol. The zero-order valence-electron chi connectivity index (χ0n) is 12.4. The van der Waals surface area contributed by atoms with Gasteiger partial charge in [0.1, 0.15) is 5.82 Å². The summed E-state index contributed by atoms with van der Waals surface area (Å²) in [7, 11) is 1.72. The molecule has 0 aromatic heterocycles. The van der Waals surface area contributed by atoms with Crippen LogP contribution >= 0.6 is 11.6 Å². The molecule has 0 bridgehead atoms. The van der Waals surface area contributed by atoms with Crippen molar-refractivity contribution in [1.82, 2.24) is 10.2 Å². The lowest BCUT2D eigenvalue weighted by atomic mass is 10.1. The first-order valence-corrected chi connectivity index (χ1v) is 7.40. The van der Waals surface area contributed by atoms with E-state index in [1.165, 1.54) is 12.1 Å². The van der Waals surface area contributed by atoms with Crippen LogP contribution in [0.3, 0.4) is 0 Å². The molecule has 2 amide bonds. The highest BCUT2D eigenvalue weighted by atomic mass is 35.5. The van der Waals surface area contributed by atoms with Crippen LogP contribution in [-0.2, 0) is 13.0 Å². The van der Waals surface area contributed by atoms with Crippen molar-refractivity contribution in [3.8, 4) is 0 Å². The van der Waals surface area contributed by atoms with Crippen molar-refractivity contribution in [3.63, 3.8) is 0 Å². The quantitative estimate of drug-likeness (QED) is 0.891. The lowest BCUT2D eigenvalue weighted by Crippen LogP contribution is -2.37. The predicted molar refractivity (Wildman–Crippen MR) is 86.4 cm³/mol. The van der Waals surface area contributed by atoms with Crippen LogP contribution in [0.25, 0.3) is 0 Å². The second-order valence-electron chi connectivity index (χ2n) is 5.10. The first kappa shape index (κ1) is 16.3. The highest BCUT2D eigenvalue weighted by Gasteiger charge is 2.08. The Morgan fingerprint density at radius 2 is 1.91 bits per heavy atom. The van der Waals surface area contributed by atoms with E-state index in [-0.39, 0.29) is 11.8 Å². The van der Waals surface area contributed by atoms with Gasteiger partial charge in [0, 0.05) is 25.2 Å². The van der Waals surface area contributed by atoms with Gasteiger partial charge >= 0.3 is 6.03 Å². The summed E-state index contributed by atoms with van der Waals surface area (Å²) >= 11 is 5.92. The van der Waals surface area contributed by atoms with E-state index in [0.29, 0.717) is 24.5 Å². The Morgan fingerprint density at radius 3 is 2.64 bits per heavy atom. The molecule has 1 N–H and O–H groups in total. The zero-order valence-corrected chi connectivity index (χ0v) is 13.1. The van der Waals surface area contributed by atoms with E-state index in [0.717, 1.165) is 11.1 Å². The monoisotopic (exact) mass is 320 g/mol. The minimum absolute atomic E-state index is 0.170. The van der Waals surface area contributed by atoms with Crippen LogP contribution in [-0.4, -0.2) is 24.5 Å². The second kappa shape index (κ2) is 7.80. The molecule has 0 saturated heterocycles. The normalized spacial score (nSPS) is 10.3. The predicted octanol–water partition coefficient (Wildman–Crippen LogP) is 3.86. The standard InChI is InChI=1S/C17H18ClFN2O/c1-21(12-14-5-2-6-15(18)10-14)17(22)20-9-8-13-4-3-7-16(19)11-13/h2-7,10-11H,8-9,12H2,1H3,(H,20,22). The summed E-state index contributed by atoms with van der Waals surface area (Å²) in [6.07, 6.45) is 0.592. The zero-order chi connectivity index (χ0) is 15.9. The summed E-state index contributed by atoms with van der Waals surface area (Å²) in [5.41, 5.74) is 1.83. The fraction of sp³-hybridized carbons (Fsp3) is 0.235. The molecule has 0 aliphatic heterocycles. The minimum Gasteiger partial charge on any atom is -0.338 e. The third-order valence-electron chi connectivity index (χ3n) is 3.23. The molecule has 0 spiro atoms. The largest absolute Gasteiger partial charge is 0.338 e. The van der Waals surface area contributed by atoms with Gasteiger partial charge < -0.3 is 10.2 Å². The molecule has 0 saturated carbocycles. The fourth-order valence-corrected chi connectivity index (χ4v) is 2.34. The number of rotatable bonds is 5. The molecule has 116 valence electrons. The minimum atomic E-state index is -0.262. The van der Waals surface area contributed by atoms with E-state index in [1.54, 1.807) is 24.1 Å². The summed E-state index contributed by atoms with van der Waals surface area (Å²) in [6, 6.07) is 13.6. The summed E-state index contributed by atoms with van der Waals surface area (Å²) in [6.45, 7) is 0.939. The summed E-state index contributed by atoms with van der Waals surface area (Å²) in [5, 5.41) is 3.47. The van der Waals surface area contributed by atoms with Gasteiger partial charge in [0.25, 0.3) is 0 Å². The van der Waals surface area contributed by atoms with Gasteiger partial charge in [0.2, 0.25) is 0 Å². The van der Waals surface area contributed by atoms with Crippen molar-refractivity contribution in [1.29, 1.82) is 0 Å². The van der Waals surface area contributed by atoms with Crippen LogP contribution in [0.1, 0.15) is 11.1 Å². The van der Waals surface area contributed by atoms with Gasteiger partial charge in [-0.05, 0) is 41.8 Å². The number of nitrogens with zero attached hydrogens (tertiary/aromatic N) is 1. The first-order valence-electron chi connectivity index (χ1n) is 7.02. The number of amides is 2. The lowest BCUT2D eigenvalue weighted by Gasteiger charge is -2.18. The topological polar surface area (TPSA) is 32.3 Å². The Morgan fingerprint density at radius 1 is 1.18 bits per heavy atom. The van der Waals surface area contributed by atoms with E-state index in [2.05, 4.69) is 5.32 Å². The van der Waals surface area contributed by atoms with Crippen LogP contribution in [0.15, 0.2) is 48.5 Å². The maximum Gasteiger partial charge on any atom is 0.317 e. The van der Waals surface area contributed by atoms with Gasteiger partial charge in [-0.25, -0.2) is 9.18 Å². The SMILES string of the molecule is CN(Cc1cccc(Cl)c1)C(=O)NCCc1cccc(F)c1. The van der Waals surface area contributed by atoms with E-state index >= 15 is 0 Å². The van der Waals surface area contributed by atoms with Crippen LogP contribution in [0.5, 0.6) is 0 Å². The number of carbonyl (C=O) groups is 1. The van der Waals surface area contributed by atoms with Crippen molar-refractivity contribution < 1.29 is 9.18 Å². The number of carbonyl (C=O) groups excluding carboxylic acids is 1. The van der Waals surface area contributed by atoms with Gasteiger partial charge in [0.15, 0.2) is 0 Å². The van der Waals surface area contributed by atoms with Crippen LogP contribution in [0.2, 0.25) is 5.02 Å². The Kier molecular flexibility index (Phi) is 5.78. The average molecular weight is 321 g/mol. The summed E-state index contributed by atoms with van der Waals surface area (Å²) in [4.78, 5) is 13.6. The number of nitrogens with one attached hydrogen (secondary N) is 1. The number of benzene rings is 2. The van der Waals surface area contributed by atoms with Crippen molar-refractivity contribution in [2.45, 2.75) is 13.0 Å². The van der Waals surface area contributed by atoms with Crippen LogP contribution in [0.4, 0.5) is 9.18 Å². The number of halogens is 2. The molecule has 0 aliphatic rings. The van der Waals surface area contributed by atoms with Gasteiger partial charge in [-0.3, -0.25) is 0 Å². The molecule has 0 aliphatic carbocycles. The molecule has 0 radical (unpaired) electrons. The van der Waals surface area contributed by atoms with Crippen molar-refractivity contribution in [3.05, 3.63) is 70.5 Å². The number of hydrogen-bond donors (Lipinski definition) is 1. The van der Waals surface area contributed by atoms with E-state index < -0.39 is 0 Å². The van der Waals surface area contributed by atoms with Gasteiger partial charge in [-0.15, -0.1) is 0 Å². The lowest BCUT2D eigenvalue weighted by molar-refractivity contribution is 0.207. The van der Waals surface area contributed by atoms with E-state index in [4.69, 9.17) is 11.6 Å². The molecule has 0 atom stereocenters.